The van der Waals surface area contributed by atoms with Crippen molar-refractivity contribution in [2.45, 2.75) is 6.54 Å². The van der Waals surface area contributed by atoms with Crippen molar-refractivity contribution in [2.75, 3.05) is 5.32 Å². The number of rotatable bonds is 3. The smallest absolute Gasteiger partial charge is 0.313 e. The molecule has 0 atom stereocenters. The van der Waals surface area contributed by atoms with Crippen LogP contribution in [0.5, 0.6) is 0 Å². The second-order valence-corrected chi connectivity index (χ2v) is 4.63. The van der Waals surface area contributed by atoms with Gasteiger partial charge in [0.2, 0.25) is 0 Å². The number of hydrogen-bond acceptors (Lipinski definition) is 3. The first-order valence-corrected chi connectivity index (χ1v) is 6.43. The molecular weight excluding hydrogens is 331 g/mol. The minimum atomic E-state index is -0.874. The molecule has 20 heavy (non-hydrogen) atoms. The molecule has 0 saturated heterocycles. The topological polar surface area (TPSA) is 71.3 Å². The summed E-state index contributed by atoms with van der Waals surface area (Å²) in [6.07, 6.45) is 0. The summed E-state index contributed by atoms with van der Waals surface area (Å²) in [6.45, 7) is 0.0843. The molecule has 0 unspecified atom stereocenters. The molecule has 0 aliphatic heterocycles. The predicted molar refractivity (Wildman–Crippen MR) is 73.3 cm³/mol. The van der Waals surface area contributed by atoms with E-state index in [1.807, 2.05) is 0 Å². The molecule has 2 rings (SSSR count). The first-order valence-electron chi connectivity index (χ1n) is 5.63. The lowest BCUT2D eigenvalue weighted by Gasteiger charge is -2.05. The molecule has 2 amide bonds. The third-order valence-corrected chi connectivity index (χ3v) is 2.77. The molecule has 1 aromatic carbocycles. The normalized spacial score (nSPS) is 10.1. The molecule has 1 heterocycles. The van der Waals surface area contributed by atoms with E-state index in [-0.39, 0.29) is 12.2 Å². The molecule has 2 N–H and O–H groups in total. The fourth-order valence-corrected chi connectivity index (χ4v) is 1.79. The van der Waals surface area contributed by atoms with Gasteiger partial charge in [0.1, 0.15) is 11.6 Å². The molecule has 2 aromatic rings. The van der Waals surface area contributed by atoms with Crippen LogP contribution in [0, 0.1) is 5.82 Å². The van der Waals surface area contributed by atoms with Crippen molar-refractivity contribution in [3.05, 3.63) is 52.6 Å². The summed E-state index contributed by atoms with van der Waals surface area (Å²) in [4.78, 5) is 23.1. The third-order valence-electron chi connectivity index (χ3n) is 2.34. The Bertz CT molecular complexity index is 642. The van der Waals surface area contributed by atoms with E-state index in [0.717, 1.165) is 6.07 Å². The van der Waals surface area contributed by atoms with Crippen molar-refractivity contribution < 1.29 is 18.4 Å². The zero-order valence-electron chi connectivity index (χ0n) is 10.2. The molecule has 0 fully saturated rings. The molecule has 0 aliphatic rings. The Morgan fingerprint density at radius 3 is 2.65 bits per heavy atom. The van der Waals surface area contributed by atoms with Gasteiger partial charge in [0.15, 0.2) is 4.67 Å². The first kappa shape index (κ1) is 14.3. The number of hydrogen-bond donors (Lipinski definition) is 2. The Hall–Kier alpha value is -2.15. The Labute approximate surface area is 122 Å². The summed E-state index contributed by atoms with van der Waals surface area (Å²) >= 11 is 3.12. The summed E-state index contributed by atoms with van der Waals surface area (Å²) in [7, 11) is 0. The molecule has 0 spiro atoms. The zero-order chi connectivity index (χ0) is 14.5. The number of nitrogens with one attached hydrogen (secondary N) is 2. The average molecular weight is 341 g/mol. The first-order chi connectivity index (χ1) is 9.54. The third kappa shape index (κ3) is 3.92. The van der Waals surface area contributed by atoms with Gasteiger partial charge in [-0.2, -0.15) is 0 Å². The van der Waals surface area contributed by atoms with Gasteiger partial charge in [-0.1, -0.05) is 6.07 Å². The molecule has 7 heteroatoms. The van der Waals surface area contributed by atoms with E-state index in [2.05, 4.69) is 26.6 Å². The lowest BCUT2D eigenvalue weighted by Crippen LogP contribution is -2.34. The summed E-state index contributed by atoms with van der Waals surface area (Å²) in [6, 6.07) is 8.61. The monoisotopic (exact) mass is 340 g/mol. The lowest BCUT2D eigenvalue weighted by molar-refractivity contribution is -0.136. The summed E-state index contributed by atoms with van der Waals surface area (Å²) < 4.78 is 18.6. The maximum Gasteiger partial charge on any atom is 0.313 e. The largest absolute Gasteiger partial charge is 0.452 e. The van der Waals surface area contributed by atoms with Gasteiger partial charge in [0.05, 0.1) is 6.54 Å². The maximum atomic E-state index is 12.9. The van der Waals surface area contributed by atoms with Gasteiger partial charge in [-0.05, 0) is 46.3 Å². The number of furan rings is 1. The number of carbonyl (C=O) groups is 2. The number of amides is 2. The fraction of sp³-hybridized carbons (Fsp3) is 0.0769. The molecule has 0 radical (unpaired) electrons. The highest BCUT2D eigenvalue weighted by molar-refractivity contribution is 9.10. The zero-order valence-corrected chi connectivity index (χ0v) is 11.7. The van der Waals surface area contributed by atoms with Crippen molar-refractivity contribution in [1.82, 2.24) is 5.32 Å². The van der Waals surface area contributed by atoms with Crippen LogP contribution in [0.2, 0.25) is 0 Å². The van der Waals surface area contributed by atoms with Crippen LogP contribution in [0.4, 0.5) is 10.1 Å². The molecule has 0 saturated carbocycles. The maximum absolute atomic E-state index is 12.9. The van der Waals surface area contributed by atoms with Gasteiger partial charge < -0.3 is 15.1 Å². The van der Waals surface area contributed by atoms with Gasteiger partial charge in [-0.15, -0.1) is 0 Å². The van der Waals surface area contributed by atoms with Crippen molar-refractivity contribution in [2.24, 2.45) is 0 Å². The SMILES string of the molecule is O=C(NCc1ccc(Br)o1)C(=O)Nc1cccc(F)c1. The van der Waals surface area contributed by atoms with Crippen LogP contribution >= 0.6 is 15.9 Å². The van der Waals surface area contributed by atoms with Gasteiger partial charge in [0.25, 0.3) is 0 Å². The lowest BCUT2D eigenvalue weighted by atomic mass is 10.3. The Balaban J connectivity index is 1.87. The molecule has 0 bridgehead atoms. The van der Waals surface area contributed by atoms with E-state index >= 15 is 0 Å². The second-order valence-electron chi connectivity index (χ2n) is 3.85. The second kappa shape index (κ2) is 6.33. The molecule has 5 nitrogen and oxygen atoms in total. The van der Waals surface area contributed by atoms with E-state index in [4.69, 9.17) is 4.42 Å². The molecule has 104 valence electrons. The summed E-state index contributed by atoms with van der Waals surface area (Å²) in [5.74, 6) is -1.70. The van der Waals surface area contributed by atoms with Crippen LogP contribution in [0.3, 0.4) is 0 Å². The van der Waals surface area contributed by atoms with Crippen LogP contribution in [-0.4, -0.2) is 11.8 Å². The van der Waals surface area contributed by atoms with E-state index in [1.165, 1.54) is 18.2 Å². The number of benzene rings is 1. The number of carbonyl (C=O) groups excluding carboxylic acids is 2. The van der Waals surface area contributed by atoms with Gasteiger partial charge in [-0.25, -0.2) is 4.39 Å². The molecular formula is C13H10BrFN2O3. The van der Waals surface area contributed by atoms with E-state index in [9.17, 15) is 14.0 Å². The van der Waals surface area contributed by atoms with Crippen LogP contribution in [0.15, 0.2) is 45.5 Å². The highest BCUT2D eigenvalue weighted by atomic mass is 79.9. The van der Waals surface area contributed by atoms with E-state index in [0.29, 0.717) is 10.4 Å². The fourth-order valence-electron chi connectivity index (χ4n) is 1.45. The minimum absolute atomic E-state index is 0.0843. The molecule has 0 aliphatic carbocycles. The Morgan fingerprint density at radius 1 is 1.20 bits per heavy atom. The van der Waals surface area contributed by atoms with E-state index in [1.54, 1.807) is 12.1 Å². The van der Waals surface area contributed by atoms with Crippen molar-refractivity contribution in [3.63, 3.8) is 0 Å². The van der Waals surface area contributed by atoms with E-state index < -0.39 is 17.6 Å². The minimum Gasteiger partial charge on any atom is -0.452 e. The predicted octanol–water partition coefficient (Wildman–Crippen LogP) is 2.44. The average Bonchev–Trinajstić information content (AvgIpc) is 2.81. The number of anilines is 1. The quantitative estimate of drug-likeness (QED) is 0.843. The van der Waals surface area contributed by atoms with Crippen molar-refractivity contribution in [1.29, 1.82) is 0 Å². The Kier molecular flexibility index (Phi) is 4.52. The van der Waals surface area contributed by atoms with Crippen LogP contribution in [0.25, 0.3) is 0 Å². The van der Waals surface area contributed by atoms with Crippen LogP contribution in [-0.2, 0) is 16.1 Å². The Morgan fingerprint density at radius 2 is 2.00 bits per heavy atom. The standard InChI is InChI=1S/C13H10BrFN2O3/c14-11-5-4-10(20-11)7-16-12(18)13(19)17-9-3-1-2-8(15)6-9/h1-6H,7H2,(H,16,18)(H,17,19). The number of halogens is 2. The van der Waals surface area contributed by atoms with Crippen LogP contribution < -0.4 is 10.6 Å². The van der Waals surface area contributed by atoms with Crippen molar-refractivity contribution >= 4 is 33.4 Å². The van der Waals surface area contributed by atoms with Crippen LogP contribution in [0.1, 0.15) is 5.76 Å². The summed E-state index contributed by atoms with van der Waals surface area (Å²) in [5, 5.41) is 4.68. The summed E-state index contributed by atoms with van der Waals surface area (Å²) in [5.41, 5.74) is 0.214. The van der Waals surface area contributed by atoms with Gasteiger partial charge in [0, 0.05) is 5.69 Å². The highest BCUT2D eigenvalue weighted by Gasteiger charge is 2.14. The molecule has 1 aromatic heterocycles. The van der Waals surface area contributed by atoms with Gasteiger partial charge >= 0.3 is 11.8 Å². The van der Waals surface area contributed by atoms with Gasteiger partial charge in [-0.3, -0.25) is 9.59 Å². The highest BCUT2D eigenvalue weighted by Crippen LogP contribution is 2.13. The van der Waals surface area contributed by atoms with Crippen molar-refractivity contribution in [3.8, 4) is 0 Å².